The minimum absolute atomic E-state index is 0.0415. The fraction of sp³-hybridized carbons (Fsp3) is 0.310. The van der Waals surface area contributed by atoms with Gasteiger partial charge in [0.15, 0.2) is 0 Å². The number of anilines is 2. The fourth-order valence-corrected chi connectivity index (χ4v) is 4.41. The van der Waals surface area contributed by atoms with Crippen LogP contribution in [-0.4, -0.2) is 32.4 Å². The highest BCUT2D eigenvalue weighted by Gasteiger charge is 2.27. The Kier molecular flexibility index (Phi) is 6.63. The van der Waals surface area contributed by atoms with Gasteiger partial charge in [0.25, 0.3) is 0 Å². The van der Waals surface area contributed by atoms with Crippen LogP contribution >= 0.6 is 0 Å². The van der Waals surface area contributed by atoms with Gasteiger partial charge in [-0.25, -0.2) is 4.68 Å². The smallest absolute Gasteiger partial charge is 0.248 e. The van der Waals surface area contributed by atoms with Crippen LogP contribution in [0.2, 0.25) is 0 Å². The number of nitriles is 2. The number of aromatic nitrogens is 4. The van der Waals surface area contributed by atoms with E-state index in [2.05, 4.69) is 58.8 Å². The summed E-state index contributed by atoms with van der Waals surface area (Å²) in [4.78, 5) is 16.4. The summed E-state index contributed by atoms with van der Waals surface area (Å²) in [6, 6.07) is 15.0. The molecule has 1 atom stereocenters. The summed E-state index contributed by atoms with van der Waals surface area (Å²) in [6.07, 6.45) is 5.53. The summed E-state index contributed by atoms with van der Waals surface area (Å²) < 4.78 is 1.86. The molecule has 39 heavy (non-hydrogen) atoms. The van der Waals surface area contributed by atoms with E-state index in [0.717, 1.165) is 18.4 Å². The van der Waals surface area contributed by atoms with Gasteiger partial charge in [-0.3, -0.25) is 9.78 Å². The van der Waals surface area contributed by atoms with Crippen LogP contribution in [0.4, 0.5) is 11.4 Å². The average molecular weight is 520 g/mol. The van der Waals surface area contributed by atoms with E-state index in [4.69, 9.17) is 5.73 Å². The number of hydrogen-bond donors (Lipinski definition) is 3. The average Bonchev–Trinajstić information content (AvgIpc) is 3.66. The van der Waals surface area contributed by atoms with Gasteiger partial charge in [0, 0.05) is 29.4 Å². The second-order valence-corrected chi connectivity index (χ2v) is 11.0. The Morgan fingerprint density at radius 3 is 2.62 bits per heavy atom. The van der Waals surface area contributed by atoms with Gasteiger partial charge in [-0.2, -0.15) is 10.5 Å². The maximum atomic E-state index is 11.9. The standard InChI is InChI=1S/C29H29N9O/c1-29(2,3)16-34-26-20(13-31)14-33-25-19(12-30)10-21(11-23(25)26)35-27(17-5-4-6-18(9-17)28(32)39)24-15-38(37-36-24)22-7-8-22/h4-6,9-11,14-15,22,27,35H,7-8,16H2,1-3H3,(H2,32,39)(H,33,34)/t27-/m0/s1. The summed E-state index contributed by atoms with van der Waals surface area (Å²) >= 11 is 0. The number of rotatable bonds is 8. The van der Waals surface area contributed by atoms with Crippen molar-refractivity contribution in [2.45, 2.75) is 45.7 Å². The summed E-state index contributed by atoms with van der Waals surface area (Å²) in [7, 11) is 0. The highest BCUT2D eigenvalue weighted by Crippen LogP contribution is 2.36. The zero-order valence-electron chi connectivity index (χ0n) is 22.1. The van der Waals surface area contributed by atoms with E-state index in [-0.39, 0.29) is 5.41 Å². The molecule has 1 aliphatic carbocycles. The van der Waals surface area contributed by atoms with Crippen molar-refractivity contribution in [1.82, 2.24) is 20.0 Å². The van der Waals surface area contributed by atoms with Gasteiger partial charge in [0.05, 0.1) is 40.6 Å². The molecule has 2 aromatic carbocycles. The lowest BCUT2D eigenvalue weighted by Gasteiger charge is -2.22. The van der Waals surface area contributed by atoms with E-state index >= 15 is 0 Å². The van der Waals surface area contributed by atoms with Gasteiger partial charge in [-0.15, -0.1) is 5.10 Å². The van der Waals surface area contributed by atoms with Gasteiger partial charge in [-0.05, 0) is 48.1 Å². The molecular formula is C29H29N9O. The highest BCUT2D eigenvalue weighted by molar-refractivity contribution is 5.99. The summed E-state index contributed by atoms with van der Waals surface area (Å²) in [5, 5.41) is 36.1. The Hall–Kier alpha value is -4.96. The Balaban J connectivity index is 1.63. The molecule has 5 rings (SSSR count). The predicted molar refractivity (Wildman–Crippen MR) is 148 cm³/mol. The van der Waals surface area contributed by atoms with Gasteiger partial charge in [-0.1, -0.05) is 38.1 Å². The maximum Gasteiger partial charge on any atom is 0.248 e. The van der Waals surface area contributed by atoms with Crippen LogP contribution in [0.5, 0.6) is 0 Å². The van der Waals surface area contributed by atoms with Crippen molar-refractivity contribution in [3.8, 4) is 12.1 Å². The number of nitrogens with zero attached hydrogens (tertiary/aromatic N) is 6. The quantitative estimate of drug-likeness (QED) is 0.303. The summed E-state index contributed by atoms with van der Waals surface area (Å²) in [5.41, 5.74) is 9.85. The minimum Gasteiger partial charge on any atom is -0.383 e. The number of fused-ring (bicyclic) bond motifs is 1. The Bertz CT molecular complexity index is 1650. The van der Waals surface area contributed by atoms with E-state index in [9.17, 15) is 15.3 Å². The van der Waals surface area contributed by atoms with Gasteiger partial charge in [0.1, 0.15) is 17.8 Å². The van der Waals surface area contributed by atoms with Crippen molar-refractivity contribution in [3.05, 3.63) is 76.7 Å². The molecule has 0 spiro atoms. The lowest BCUT2D eigenvalue weighted by atomic mass is 9.96. The molecule has 10 heteroatoms. The third-order valence-electron chi connectivity index (χ3n) is 6.57. The number of primary amides is 1. The predicted octanol–water partition coefficient (Wildman–Crippen LogP) is 4.66. The lowest BCUT2D eigenvalue weighted by Crippen LogP contribution is -2.20. The van der Waals surface area contributed by atoms with Crippen molar-refractivity contribution < 1.29 is 4.79 Å². The molecule has 0 saturated heterocycles. The van der Waals surface area contributed by atoms with Crippen molar-refractivity contribution in [2.24, 2.45) is 11.1 Å². The first-order valence-corrected chi connectivity index (χ1v) is 12.8. The van der Waals surface area contributed by atoms with Crippen LogP contribution in [0.25, 0.3) is 10.9 Å². The topological polar surface area (TPSA) is 158 Å². The first-order chi connectivity index (χ1) is 18.7. The Labute approximate surface area is 226 Å². The first-order valence-electron chi connectivity index (χ1n) is 12.8. The molecule has 196 valence electrons. The van der Waals surface area contributed by atoms with Crippen molar-refractivity contribution in [1.29, 1.82) is 10.5 Å². The van der Waals surface area contributed by atoms with E-state index in [1.54, 1.807) is 24.3 Å². The van der Waals surface area contributed by atoms with Crippen LogP contribution in [0, 0.1) is 28.1 Å². The molecule has 1 aliphatic rings. The van der Waals surface area contributed by atoms with Crippen molar-refractivity contribution >= 4 is 28.2 Å². The minimum atomic E-state index is -0.528. The van der Waals surface area contributed by atoms with E-state index in [1.807, 2.05) is 23.0 Å². The van der Waals surface area contributed by atoms with Gasteiger partial charge < -0.3 is 16.4 Å². The van der Waals surface area contributed by atoms with Crippen LogP contribution in [0.3, 0.4) is 0 Å². The summed E-state index contributed by atoms with van der Waals surface area (Å²) in [6.45, 7) is 6.92. The first kappa shape index (κ1) is 25.7. The van der Waals surface area contributed by atoms with Crippen molar-refractivity contribution in [2.75, 3.05) is 17.2 Å². The SMILES string of the molecule is CC(C)(C)CNc1c(C#N)cnc2c(C#N)cc(N[C@@H](c3cccc(C(N)=O)c3)c3cn(C4CC4)nn3)cc12. The Morgan fingerprint density at radius 2 is 1.95 bits per heavy atom. The number of carbonyl (C=O) groups is 1. The molecule has 1 amide bonds. The van der Waals surface area contributed by atoms with Gasteiger partial charge >= 0.3 is 0 Å². The maximum absolute atomic E-state index is 11.9. The second kappa shape index (κ2) is 10.1. The van der Waals surface area contributed by atoms with Crippen LogP contribution in [-0.2, 0) is 0 Å². The van der Waals surface area contributed by atoms with E-state index < -0.39 is 11.9 Å². The van der Waals surface area contributed by atoms with Crippen molar-refractivity contribution in [3.63, 3.8) is 0 Å². The number of nitrogens with two attached hydrogens (primary N) is 1. The number of benzene rings is 2. The molecule has 0 aliphatic heterocycles. The molecule has 0 unspecified atom stereocenters. The third-order valence-corrected chi connectivity index (χ3v) is 6.57. The Morgan fingerprint density at radius 1 is 1.18 bits per heavy atom. The van der Waals surface area contributed by atoms with E-state index in [0.29, 0.717) is 57.2 Å². The number of amides is 1. The number of hydrogen-bond acceptors (Lipinski definition) is 8. The number of pyridine rings is 1. The number of carbonyl (C=O) groups excluding carboxylic acids is 1. The number of nitrogens with one attached hydrogen (secondary N) is 2. The largest absolute Gasteiger partial charge is 0.383 e. The van der Waals surface area contributed by atoms with Crippen LogP contribution in [0.15, 0.2) is 48.8 Å². The highest BCUT2D eigenvalue weighted by atomic mass is 16.1. The molecule has 2 aromatic heterocycles. The lowest BCUT2D eigenvalue weighted by molar-refractivity contribution is 0.1000. The molecule has 0 radical (unpaired) electrons. The molecule has 2 heterocycles. The normalized spacial score (nSPS) is 13.9. The summed E-state index contributed by atoms with van der Waals surface area (Å²) in [5.74, 6) is -0.528. The second-order valence-electron chi connectivity index (χ2n) is 11.0. The molecular weight excluding hydrogens is 490 g/mol. The molecule has 4 N–H and O–H groups in total. The molecule has 4 aromatic rings. The molecule has 1 saturated carbocycles. The van der Waals surface area contributed by atoms with Crippen LogP contribution < -0.4 is 16.4 Å². The third kappa shape index (κ3) is 5.51. The monoisotopic (exact) mass is 519 g/mol. The van der Waals surface area contributed by atoms with Crippen LogP contribution in [0.1, 0.15) is 78.4 Å². The van der Waals surface area contributed by atoms with E-state index in [1.165, 1.54) is 6.20 Å². The molecule has 0 bridgehead atoms. The zero-order chi connectivity index (χ0) is 27.7. The molecule has 10 nitrogen and oxygen atoms in total. The zero-order valence-corrected chi connectivity index (χ0v) is 22.1. The fourth-order valence-electron chi connectivity index (χ4n) is 4.41. The molecule has 1 fully saturated rings. The van der Waals surface area contributed by atoms with Gasteiger partial charge in [0.2, 0.25) is 5.91 Å².